The van der Waals surface area contributed by atoms with Crippen LogP contribution in [0.5, 0.6) is 5.75 Å². The summed E-state index contributed by atoms with van der Waals surface area (Å²) in [6, 6.07) is 7.46. The highest BCUT2D eigenvalue weighted by Gasteiger charge is 2.15. The molecule has 2 rings (SSSR count). The molecule has 0 spiro atoms. The van der Waals surface area contributed by atoms with Gasteiger partial charge in [-0.05, 0) is 50.2 Å². The van der Waals surface area contributed by atoms with Gasteiger partial charge in [0.15, 0.2) is 0 Å². The Kier molecular flexibility index (Phi) is 6.02. The molecule has 0 saturated carbocycles. The largest absolute Gasteiger partial charge is 0.497 e. The van der Waals surface area contributed by atoms with Gasteiger partial charge in [-0.15, -0.1) is 0 Å². The number of piperidine rings is 1. The molecule has 0 aliphatic carbocycles. The third kappa shape index (κ3) is 4.72. The number of nitrogens with zero attached hydrogens (tertiary/aromatic N) is 1. The molecule has 5 nitrogen and oxygen atoms in total. The smallest absolute Gasteiger partial charge is 0.229 e. The lowest BCUT2D eigenvalue weighted by atomic mass is 10.1. The number of benzene rings is 1. The van der Waals surface area contributed by atoms with Crippen molar-refractivity contribution in [2.45, 2.75) is 25.4 Å². The molecule has 1 amide bonds. The summed E-state index contributed by atoms with van der Waals surface area (Å²) in [5.74, 6) is 0.850. The van der Waals surface area contributed by atoms with Crippen molar-refractivity contribution in [3.63, 3.8) is 0 Å². The maximum atomic E-state index is 12.1. The van der Waals surface area contributed by atoms with Crippen molar-refractivity contribution < 1.29 is 14.3 Å². The fourth-order valence-electron chi connectivity index (χ4n) is 2.39. The Balaban J connectivity index is 1.76. The third-order valence-corrected chi connectivity index (χ3v) is 3.79. The highest BCUT2D eigenvalue weighted by Crippen LogP contribution is 2.18. The molecule has 1 aromatic rings. The van der Waals surface area contributed by atoms with E-state index in [2.05, 4.69) is 5.32 Å². The zero-order valence-electron chi connectivity index (χ0n) is 12.8. The first-order chi connectivity index (χ1) is 10.2. The minimum absolute atomic E-state index is 0.0640. The lowest BCUT2D eigenvalue weighted by Gasteiger charge is -2.23. The summed E-state index contributed by atoms with van der Waals surface area (Å²) in [6.07, 6.45) is 2.77. The van der Waals surface area contributed by atoms with Crippen LogP contribution in [-0.4, -0.2) is 45.9 Å². The standard InChI is InChI=1S/C16H24N2O3/c1-18(13-3-5-14(20-2)6-4-13)16(19)9-12-21-15-7-10-17-11-8-15/h3-6,15,17H,7-12H2,1-2H3. The zero-order valence-corrected chi connectivity index (χ0v) is 12.8. The highest BCUT2D eigenvalue weighted by atomic mass is 16.5. The molecule has 116 valence electrons. The molecule has 1 N–H and O–H groups in total. The van der Waals surface area contributed by atoms with E-state index in [1.54, 1.807) is 19.1 Å². The van der Waals surface area contributed by atoms with E-state index < -0.39 is 0 Å². The average molecular weight is 292 g/mol. The number of carbonyl (C=O) groups excluding carboxylic acids is 1. The first-order valence-electron chi connectivity index (χ1n) is 7.43. The summed E-state index contributed by atoms with van der Waals surface area (Å²) in [7, 11) is 3.41. The van der Waals surface area contributed by atoms with Gasteiger partial charge in [-0.1, -0.05) is 0 Å². The van der Waals surface area contributed by atoms with Crippen LogP contribution in [0.2, 0.25) is 0 Å². The van der Waals surface area contributed by atoms with Gasteiger partial charge in [-0.3, -0.25) is 4.79 Å². The van der Waals surface area contributed by atoms with E-state index in [9.17, 15) is 4.79 Å². The summed E-state index contributed by atoms with van der Waals surface area (Å²) in [6.45, 7) is 2.50. The summed E-state index contributed by atoms with van der Waals surface area (Å²) >= 11 is 0. The molecule has 1 aliphatic heterocycles. The van der Waals surface area contributed by atoms with Crippen LogP contribution in [0.3, 0.4) is 0 Å². The van der Waals surface area contributed by atoms with E-state index in [4.69, 9.17) is 9.47 Å². The molecular formula is C16H24N2O3. The van der Waals surface area contributed by atoms with Gasteiger partial charge >= 0.3 is 0 Å². The lowest BCUT2D eigenvalue weighted by molar-refractivity contribution is -0.120. The van der Waals surface area contributed by atoms with Crippen LogP contribution in [-0.2, 0) is 9.53 Å². The first-order valence-corrected chi connectivity index (χ1v) is 7.43. The summed E-state index contributed by atoms with van der Waals surface area (Å²) in [4.78, 5) is 13.8. The molecule has 5 heteroatoms. The summed E-state index contributed by atoms with van der Waals surface area (Å²) in [5, 5.41) is 3.30. The van der Waals surface area contributed by atoms with Crippen LogP contribution in [0.15, 0.2) is 24.3 Å². The second kappa shape index (κ2) is 8.00. The van der Waals surface area contributed by atoms with Gasteiger partial charge in [0.25, 0.3) is 0 Å². The van der Waals surface area contributed by atoms with E-state index in [0.717, 1.165) is 37.4 Å². The molecule has 0 atom stereocenters. The Morgan fingerprint density at radius 3 is 2.57 bits per heavy atom. The predicted molar refractivity (Wildman–Crippen MR) is 82.9 cm³/mol. The fraction of sp³-hybridized carbons (Fsp3) is 0.562. The molecule has 1 aromatic carbocycles. The van der Waals surface area contributed by atoms with Crippen molar-refractivity contribution in [2.24, 2.45) is 0 Å². The maximum absolute atomic E-state index is 12.1. The molecule has 1 saturated heterocycles. The van der Waals surface area contributed by atoms with Gasteiger partial charge in [0.05, 0.1) is 26.2 Å². The topological polar surface area (TPSA) is 50.8 Å². The number of carbonyl (C=O) groups is 1. The van der Waals surface area contributed by atoms with Crippen molar-refractivity contribution in [1.82, 2.24) is 5.32 Å². The van der Waals surface area contributed by atoms with E-state index >= 15 is 0 Å². The molecule has 0 radical (unpaired) electrons. The Hall–Kier alpha value is -1.59. The van der Waals surface area contributed by atoms with Crippen LogP contribution in [0.4, 0.5) is 5.69 Å². The van der Waals surface area contributed by atoms with Crippen molar-refractivity contribution in [3.05, 3.63) is 24.3 Å². The van der Waals surface area contributed by atoms with Gasteiger partial charge in [0.1, 0.15) is 5.75 Å². The zero-order chi connectivity index (χ0) is 15.1. The molecule has 0 unspecified atom stereocenters. The second-order valence-corrected chi connectivity index (χ2v) is 5.22. The molecule has 1 fully saturated rings. The molecule has 1 aliphatic rings. The third-order valence-electron chi connectivity index (χ3n) is 3.79. The van der Waals surface area contributed by atoms with Gasteiger partial charge in [-0.2, -0.15) is 0 Å². The number of anilines is 1. The summed E-state index contributed by atoms with van der Waals surface area (Å²) < 4.78 is 10.9. The van der Waals surface area contributed by atoms with Crippen molar-refractivity contribution in [2.75, 3.05) is 38.8 Å². The minimum atomic E-state index is 0.0640. The number of ether oxygens (including phenoxy) is 2. The van der Waals surface area contributed by atoms with E-state index in [-0.39, 0.29) is 5.91 Å². The Morgan fingerprint density at radius 2 is 1.95 bits per heavy atom. The normalized spacial score (nSPS) is 15.7. The minimum Gasteiger partial charge on any atom is -0.497 e. The number of rotatable bonds is 6. The number of hydrogen-bond donors (Lipinski definition) is 1. The van der Waals surface area contributed by atoms with Gasteiger partial charge in [0, 0.05) is 12.7 Å². The van der Waals surface area contributed by atoms with Gasteiger partial charge < -0.3 is 19.7 Å². The lowest BCUT2D eigenvalue weighted by Crippen LogP contribution is -2.33. The van der Waals surface area contributed by atoms with Crippen LogP contribution >= 0.6 is 0 Å². The monoisotopic (exact) mass is 292 g/mol. The second-order valence-electron chi connectivity index (χ2n) is 5.22. The Bertz CT molecular complexity index is 441. The first kappa shape index (κ1) is 15.8. The molecule has 0 aromatic heterocycles. The van der Waals surface area contributed by atoms with Crippen LogP contribution in [0, 0.1) is 0 Å². The van der Waals surface area contributed by atoms with Crippen molar-refractivity contribution in [1.29, 1.82) is 0 Å². The number of methoxy groups -OCH3 is 1. The Morgan fingerprint density at radius 1 is 1.29 bits per heavy atom. The average Bonchev–Trinajstić information content (AvgIpc) is 2.55. The number of hydrogen-bond acceptors (Lipinski definition) is 4. The van der Waals surface area contributed by atoms with Crippen LogP contribution < -0.4 is 15.0 Å². The number of amides is 1. The molecule has 1 heterocycles. The quantitative estimate of drug-likeness (QED) is 0.869. The van der Waals surface area contributed by atoms with E-state index in [1.807, 2.05) is 24.3 Å². The van der Waals surface area contributed by atoms with Gasteiger partial charge in [0.2, 0.25) is 5.91 Å². The number of nitrogens with one attached hydrogen (secondary N) is 1. The van der Waals surface area contributed by atoms with E-state index in [1.165, 1.54) is 0 Å². The van der Waals surface area contributed by atoms with Crippen LogP contribution in [0.1, 0.15) is 19.3 Å². The van der Waals surface area contributed by atoms with Gasteiger partial charge in [-0.25, -0.2) is 0 Å². The molecular weight excluding hydrogens is 268 g/mol. The highest BCUT2D eigenvalue weighted by molar-refractivity contribution is 5.92. The molecule has 0 bridgehead atoms. The van der Waals surface area contributed by atoms with Crippen LogP contribution in [0.25, 0.3) is 0 Å². The SMILES string of the molecule is COc1ccc(N(C)C(=O)CCOC2CCNCC2)cc1. The van der Waals surface area contributed by atoms with Crippen molar-refractivity contribution in [3.8, 4) is 5.75 Å². The van der Waals surface area contributed by atoms with E-state index in [0.29, 0.717) is 19.1 Å². The van der Waals surface area contributed by atoms with Crippen molar-refractivity contribution >= 4 is 11.6 Å². The maximum Gasteiger partial charge on any atom is 0.229 e. The fourth-order valence-corrected chi connectivity index (χ4v) is 2.39. The molecule has 21 heavy (non-hydrogen) atoms. The Labute approximate surface area is 126 Å². The summed E-state index contributed by atoms with van der Waals surface area (Å²) in [5.41, 5.74) is 0.864. The predicted octanol–water partition coefficient (Wildman–Crippen LogP) is 1.82.